The van der Waals surface area contributed by atoms with Gasteiger partial charge in [0.1, 0.15) is 16.2 Å². The predicted octanol–water partition coefficient (Wildman–Crippen LogP) is 6.91. The van der Waals surface area contributed by atoms with E-state index >= 15 is 0 Å². The number of fused-ring (bicyclic) bond motifs is 1. The van der Waals surface area contributed by atoms with Crippen molar-refractivity contribution in [2.75, 3.05) is 5.75 Å². The number of aromatic nitrogens is 6. The van der Waals surface area contributed by atoms with E-state index in [0.717, 1.165) is 43.2 Å². The zero-order valence-electron chi connectivity index (χ0n) is 24.2. The molecule has 1 unspecified atom stereocenters. The van der Waals surface area contributed by atoms with Crippen molar-refractivity contribution >= 4 is 50.6 Å². The summed E-state index contributed by atoms with van der Waals surface area (Å²) in [6, 6.07) is 16.0. The first-order valence-electron chi connectivity index (χ1n) is 14.1. The van der Waals surface area contributed by atoms with Gasteiger partial charge in [0.05, 0.1) is 5.75 Å². The third-order valence-corrected chi connectivity index (χ3v) is 11.5. The lowest BCUT2D eigenvalue weighted by Crippen LogP contribution is -2.20. The first kappa shape index (κ1) is 31.4. The van der Waals surface area contributed by atoms with Crippen molar-refractivity contribution in [3.8, 4) is 11.1 Å². The predicted molar refractivity (Wildman–Crippen MR) is 173 cm³/mol. The highest BCUT2D eigenvalue weighted by Crippen LogP contribution is 2.45. The fourth-order valence-electron chi connectivity index (χ4n) is 4.85. The van der Waals surface area contributed by atoms with Gasteiger partial charge in [0.25, 0.3) is 0 Å². The van der Waals surface area contributed by atoms with E-state index < -0.39 is 15.5 Å². The molecule has 0 saturated heterocycles. The first-order valence-corrected chi connectivity index (χ1v) is 17.9. The van der Waals surface area contributed by atoms with Crippen molar-refractivity contribution in [1.29, 1.82) is 0 Å². The van der Waals surface area contributed by atoms with E-state index in [2.05, 4.69) is 29.0 Å². The third-order valence-electron chi connectivity index (χ3n) is 7.19. The van der Waals surface area contributed by atoms with Crippen molar-refractivity contribution in [3.05, 3.63) is 82.0 Å². The zero-order chi connectivity index (χ0) is 30.6. The number of unbranched alkanes of at least 4 members (excludes halogenated alkanes) is 1. The molecule has 0 spiro atoms. The molecule has 3 heterocycles. The van der Waals surface area contributed by atoms with Crippen LogP contribution >= 0.6 is 35.1 Å². The smallest absolute Gasteiger partial charge is 0.311 e. The Morgan fingerprint density at radius 1 is 1.07 bits per heavy atom. The van der Waals surface area contributed by atoms with Gasteiger partial charge >= 0.3 is 5.69 Å². The van der Waals surface area contributed by atoms with Crippen LogP contribution in [0.5, 0.6) is 0 Å². The number of aromatic amines is 1. The highest BCUT2D eigenvalue weighted by atomic mass is 35.5. The maximum absolute atomic E-state index is 14.4. The van der Waals surface area contributed by atoms with Crippen LogP contribution in [0.4, 0.5) is 0 Å². The Hall–Kier alpha value is -3.06. The van der Waals surface area contributed by atoms with Gasteiger partial charge in [-0.2, -0.15) is 0 Å². The van der Waals surface area contributed by atoms with Crippen molar-refractivity contribution in [2.45, 2.75) is 65.5 Å². The minimum atomic E-state index is -4.05. The molecule has 0 aliphatic carbocycles. The van der Waals surface area contributed by atoms with Gasteiger partial charge in [0, 0.05) is 29.0 Å². The number of hydrogen-bond donors (Lipinski definition) is 1. The fraction of sp³-hybridized carbons (Fsp3) is 0.333. The van der Waals surface area contributed by atoms with E-state index in [9.17, 15) is 13.2 Å². The number of nitrogens with one attached hydrogen (secondary N) is 1. The summed E-state index contributed by atoms with van der Waals surface area (Å²) in [7, 11) is -2.27. The summed E-state index contributed by atoms with van der Waals surface area (Å²) >= 11 is 9.29. The molecule has 5 aromatic rings. The lowest BCUT2D eigenvalue weighted by molar-refractivity contribution is 0.499. The van der Waals surface area contributed by atoms with Gasteiger partial charge in [-0.25, -0.2) is 22.6 Å². The average molecular weight is 657 g/mol. The van der Waals surface area contributed by atoms with Crippen molar-refractivity contribution < 1.29 is 8.42 Å². The lowest BCUT2D eigenvalue weighted by atomic mass is 10.0. The van der Waals surface area contributed by atoms with Crippen LogP contribution in [0.3, 0.4) is 0 Å². The summed E-state index contributed by atoms with van der Waals surface area (Å²) in [5, 5.41) is 9.69. The maximum Gasteiger partial charge on any atom is 0.334 e. The summed E-state index contributed by atoms with van der Waals surface area (Å²) in [6.07, 6.45) is 5.89. The second-order valence-corrected chi connectivity index (χ2v) is 14.6. The van der Waals surface area contributed by atoms with E-state index in [4.69, 9.17) is 16.6 Å². The van der Waals surface area contributed by atoms with Gasteiger partial charge < -0.3 is 4.57 Å². The number of H-pyrrole nitrogens is 1. The Labute approximate surface area is 264 Å². The van der Waals surface area contributed by atoms with E-state index in [-0.39, 0.29) is 16.3 Å². The number of rotatable bonds is 13. The lowest BCUT2D eigenvalue weighted by Gasteiger charge is -2.13. The van der Waals surface area contributed by atoms with Gasteiger partial charge in [-0.1, -0.05) is 105 Å². The SMILES string of the molecule is CCCCC(CC)CSc1nc2c(S(=O)(=O)Cc3ccccc3)c(-c3ccccc3Cl)c(Sc3nncn3C)n2c(=O)[nH]1. The Morgan fingerprint density at radius 2 is 1.81 bits per heavy atom. The summed E-state index contributed by atoms with van der Waals surface area (Å²) in [5.41, 5.74) is 0.974. The van der Waals surface area contributed by atoms with Crippen LogP contribution in [-0.4, -0.2) is 43.3 Å². The molecule has 1 N–H and O–H groups in total. The normalized spacial score (nSPS) is 12.7. The molecule has 0 saturated carbocycles. The molecule has 43 heavy (non-hydrogen) atoms. The second-order valence-electron chi connectivity index (χ2n) is 10.3. The van der Waals surface area contributed by atoms with Gasteiger partial charge in [-0.15, -0.1) is 10.2 Å². The zero-order valence-corrected chi connectivity index (χ0v) is 27.4. The molecule has 0 bridgehead atoms. The molecule has 2 aromatic carbocycles. The van der Waals surface area contributed by atoms with E-state index in [1.54, 1.807) is 66.5 Å². The largest absolute Gasteiger partial charge is 0.334 e. The number of thioether (sulfide) groups is 1. The van der Waals surface area contributed by atoms with Gasteiger partial charge in [0.15, 0.2) is 25.8 Å². The van der Waals surface area contributed by atoms with Crippen LogP contribution < -0.4 is 5.69 Å². The Kier molecular flexibility index (Phi) is 10.0. The summed E-state index contributed by atoms with van der Waals surface area (Å²) in [5.74, 6) is 0.950. The van der Waals surface area contributed by atoms with Crippen LogP contribution in [0.1, 0.15) is 45.1 Å². The molecule has 5 rings (SSSR count). The average Bonchev–Trinajstić information content (AvgIpc) is 3.54. The Bertz CT molecular complexity index is 1890. The number of benzene rings is 2. The van der Waals surface area contributed by atoms with Crippen LogP contribution in [-0.2, 0) is 22.6 Å². The van der Waals surface area contributed by atoms with Crippen molar-refractivity contribution in [1.82, 2.24) is 29.1 Å². The van der Waals surface area contributed by atoms with Crippen LogP contribution in [0.2, 0.25) is 5.02 Å². The number of sulfone groups is 1. The van der Waals surface area contributed by atoms with E-state index in [1.165, 1.54) is 16.2 Å². The van der Waals surface area contributed by atoms with Gasteiger partial charge in [0.2, 0.25) is 0 Å². The standard InChI is InChI=1S/C30H33ClN6O3S3/c1-4-6-12-20(5-2)17-41-28-33-26-25(43(39,40)18-21-13-8-7-9-14-21)24(22-15-10-11-16-23(22)31)27(37(26)29(38)34-28)42-30-35-32-19-36(30)3/h7-11,13-16,19-20H,4-6,12,17-18H2,1-3H3,(H,33,34,38). The minimum Gasteiger partial charge on any atom is -0.311 e. The topological polar surface area (TPSA) is 115 Å². The van der Waals surface area contributed by atoms with Crippen LogP contribution in [0.25, 0.3) is 16.8 Å². The number of halogens is 1. The molecule has 3 aromatic heterocycles. The minimum absolute atomic E-state index is 0.0416. The fourth-order valence-corrected chi connectivity index (χ4v) is 8.99. The van der Waals surface area contributed by atoms with Crippen LogP contribution in [0, 0.1) is 5.92 Å². The van der Waals surface area contributed by atoms with Crippen LogP contribution in [0.15, 0.2) is 86.0 Å². The summed E-state index contributed by atoms with van der Waals surface area (Å²) in [4.78, 5) is 21.5. The number of hydrogen-bond acceptors (Lipinski definition) is 8. The molecule has 0 aliphatic rings. The maximum atomic E-state index is 14.4. The molecule has 0 amide bonds. The molecule has 1 atom stereocenters. The monoisotopic (exact) mass is 656 g/mol. The number of nitrogens with zero attached hydrogens (tertiary/aromatic N) is 5. The van der Waals surface area contributed by atoms with E-state index in [1.807, 2.05) is 6.07 Å². The van der Waals surface area contributed by atoms with Gasteiger partial charge in [-0.3, -0.25) is 4.98 Å². The molecule has 226 valence electrons. The highest BCUT2D eigenvalue weighted by molar-refractivity contribution is 7.99. The quantitative estimate of drug-likeness (QED) is 0.136. The van der Waals surface area contributed by atoms with Crippen molar-refractivity contribution in [3.63, 3.8) is 0 Å². The van der Waals surface area contributed by atoms with E-state index in [0.29, 0.717) is 43.0 Å². The highest BCUT2D eigenvalue weighted by Gasteiger charge is 2.33. The Balaban J connectivity index is 1.77. The molecule has 0 fully saturated rings. The summed E-state index contributed by atoms with van der Waals surface area (Å²) < 4.78 is 31.8. The first-order chi connectivity index (χ1) is 20.7. The Morgan fingerprint density at radius 3 is 2.49 bits per heavy atom. The summed E-state index contributed by atoms with van der Waals surface area (Å²) in [6.45, 7) is 4.33. The molecular weight excluding hydrogens is 624 g/mol. The molecule has 0 radical (unpaired) electrons. The number of aryl methyl sites for hydroxylation is 1. The molecule has 13 heteroatoms. The van der Waals surface area contributed by atoms with Gasteiger partial charge in [-0.05, 0) is 35.7 Å². The second kappa shape index (κ2) is 13.7. The third kappa shape index (κ3) is 6.87. The van der Waals surface area contributed by atoms with Crippen molar-refractivity contribution in [2.24, 2.45) is 13.0 Å². The molecule has 9 nitrogen and oxygen atoms in total. The molecular formula is C30H33ClN6O3S3. The molecule has 0 aliphatic heterocycles.